The minimum Gasteiger partial charge on any atom is -0.493 e. The summed E-state index contributed by atoms with van der Waals surface area (Å²) in [4.78, 5) is 26.3. The Labute approximate surface area is 264 Å². The van der Waals surface area contributed by atoms with E-state index < -0.39 is 25.3 Å². The molecule has 2 amide bonds. The Morgan fingerprint density at radius 3 is 2.00 bits per heavy atom. The Kier molecular flexibility index (Phi) is 11.5. The smallest absolute Gasteiger partial charge is 0.306 e. The van der Waals surface area contributed by atoms with Crippen molar-refractivity contribution in [3.05, 3.63) is 114 Å². The number of anilines is 1. The molecule has 10 heteroatoms. The Morgan fingerprint density at radius 2 is 1.44 bits per heavy atom. The van der Waals surface area contributed by atoms with E-state index in [2.05, 4.69) is 10.6 Å². The second-order valence-corrected chi connectivity index (χ2v) is 13.1. The first-order valence-corrected chi connectivity index (χ1v) is 16.3. The van der Waals surface area contributed by atoms with Crippen LogP contribution in [-0.2, 0) is 14.1 Å². The molecule has 4 aromatic carbocycles. The number of nitrogens with one attached hydrogen (secondary N) is 2. The average molecular weight is 631 g/mol. The lowest BCUT2D eigenvalue weighted by Gasteiger charge is -2.24. The number of hydrogen-bond donors (Lipinski definition) is 3. The number of rotatable bonds is 14. The quantitative estimate of drug-likeness (QED) is 0.121. The van der Waals surface area contributed by atoms with Gasteiger partial charge in [0, 0.05) is 24.5 Å². The van der Waals surface area contributed by atoms with Gasteiger partial charge in [-0.1, -0.05) is 62.4 Å². The van der Waals surface area contributed by atoms with Crippen molar-refractivity contribution >= 4 is 35.5 Å². The third-order valence-corrected chi connectivity index (χ3v) is 9.85. The summed E-state index contributed by atoms with van der Waals surface area (Å²) in [5.74, 6) is -0.659. The van der Waals surface area contributed by atoms with Crippen LogP contribution < -0.4 is 30.5 Å². The number of amides is 2. The van der Waals surface area contributed by atoms with Gasteiger partial charge in [0.2, 0.25) is 5.91 Å². The number of methoxy groups -OCH3 is 1. The summed E-state index contributed by atoms with van der Waals surface area (Å²) < 4.78 is 31.9. The van der Waals surface area contributed by atoms with Crippen LogP contribution in [0.4, 0.5) is 5.69 Å². The normalized spacial score (nSPS) is 13.3. The average Bonchev–Trinajstić information content (AvgIpc) is 3.07. The molecule has 4 aromatic rings. The highest BCUT2D eigenvalue weighted by Gasteiger charge is 2.32. The number of hydrogen-bond acceptors (Lipinski definition) is 7. The van der Waals surface area contributed by atoms with Crippen molar-refractivity contribution in [1.29, 1.82) is 0 Å². The van der Waals surface area contributed by atoms with Crippen molar-refractivity contribution in [2.45, 2.75) is 26.9 Å². The molecule has 0 aromatic heterocycles. The van der Waals surface area contributed by atoms with Gasteiger partial charge in [-0.3, -0.25) is 14.2 Å². The molecule has 0 radical (unpaired) electrons. The zero-order chi connectivity index (χ0) is 32.4. The molecule has 3 N–H and O–H groups in total. The van der Waals surface area contributed by atoms with Gasteiger partial charge in [-0.05, 0) is 67.1 Å². The van der Waals surface area contributed by atoms with Crippen molar-refractivity contribution in [2.75, 3.05) is 25.8 Å². The van der Waals surface area contributed by atoms with Crippen LogP contribution in [0, 0.1) is 11.8 Å². The van der Waals surface area contributed by atoms with Gasteiger partial charge in [0.15, 0.2) is 5.75 Å². The highest BCUT2D eigenvalue weighted by Crippen LogP contribution is 2.47. The molecule has 0 aliphatic carbocycles. The minimum absolute atomic E-state index is 0.00219. The Bertz CT molecular complexity index is 1570. The van der Waals surface area contributed by atoms with E-state index in [0.717, 1.165) is 5.56 Å². The highest BCUT2D eigenvalue weighted by atomic mass is 31.2. The lowest BCUT2D eigenvalue weighted by Crippen LogP contribution is -2.29. The van der Waals surface area contributed by atoms with Gasteiger partial charge in [-0.2, -0.15) is 0 Å². The molecule has 4 rings (SSSR count). The molecule has 3 unspecified atom stereocenters. The van der Waals surface area contributed by atoms with E-state index >= 15 is 0 Å². The van der Waals surface area contributed by atoms with Crippen molar-refractivity contribution in [3.8, 4) is 11.5 Å². The zero-order valence-corrected chi connectivity index (χ0v) is 26.7. The van der Waals surface area contributed by atoms with Crippen LogP contribution in [0.25, 0.3) is 0 Å². The highest BCUT2D eigenvalue weighted by molar-refractivity contribution is 7.74. The predicted molar refractivity (Wildman–Crippen MR) is 176 cm³/mol. The third kappa shape index (κ3) is 8.60. The summed E-state index contributed by atoms with van der Waals surface area (Å²) in [6.07, 6.45) is -0.571. The Hall–Kier alpha value is -4.43. The number of carbonyl (C=O) groups excluding carboxylic acids is 2. The predicted octanol–water partition coefficient (Wildman–Crippen LogP) is 5.67. The topological polar surface area (TPSA) is 123 Å². The van der Waals surface area contributed by atoms with Crippen LogP contribution in [0.2, 0.25) is 0 Å². The maximum atomic E-state index is 14.7. The lowest BCUT2D eigenvalue weighted by molar-refractivity contribution is -0.121. The van der Waals surface area contributed by atoms with Gasteiger partial charge in [0.25, 0.3) is 5.91 Å². The van der Waals surface area contributed by atoms with Crippen LogP contribution in [-0.4, -0.2) is 37.4 Å². The van der Waals surface area contributed by atoms with Crippen molar-refractivity contribution < 1.29 is 33.3 Å². The molecule has 45 heavy (non-hydrogen) atoms. The first-order valence-electron chi connectivity index (χ1n) is 14.7. The molecular weight excluding hydrogens is 591 g/mol. The number of aliphatic hydroxyl groups excluding tert-OH is 1. The van der Waals surface area contributed by atoms with Gasteiger partial charge in [0.05, 0.1) is 29.0 Å². The fraction of sp³-hybridized carbons (Fsp3) is 0.257. The molecule has 0 saturated heterocycles. The van der Waals surface area contributed by atoms with E-state index in [1.54, 1.807) is 98.8 Å². The molecule has 0 aliphatic rings. The first kappa shape index (κ1) is 33.5. The van der Waals surface area contributed by atoms with Crippen LogP contribution in [0.3, 0.4) is 0 Å². The summed E-state index contributed by atoms with van der Waals surface area (Å²) in [6.45, 7) is 5.68. The zero-order valence-electron chi connectivity index (χ0n) is 25.8. The first-order chi connectivity index (χ1) is 21.6. The summed E-state index contributed by atoms with van der Waals surface area (Å²) in [6, 6.07) is 29.4. The van der Waals surface area contributed by atoms with Crippen molar-refractivity contribution in [2.24, 2.45) is 11.8 Å². The van der Waals surface area contributed by atoms with E-state index in [1.807, 2.05) is 19.1 Å². The van der Waals surface area contributed by atoms with Gasteiger partial charge in [0.1, 0.15) is 12.5 Å². The number of carbonyl (C=O) groups is 2. The fourth-order valence-electron chi connectivity index (χ4n) is 4.44. The molecule has 0 bridgehead atoms. The molecule has 0 fully saturated rings. The molecule has 236 valence electrons. The third-order valence-electron chi connectivity index (χ3n) is 7.44. The molecule has 3 atom stereocenters. The summed E-state index contributed by atoms with van der Waals surface area (Å²) in [7, 11) is -2.27. The number of benzene rings is 4. The fourth-order valence-corrected chi connectivity index (χ4v) is 6.51. The van der Waals surface area contributed by atoms with E-state index in [9.17, 15) is 19.3 Å². The van der Waals surface area contributed by atoms with Crippen LogP contribution >= 0.6 is 7.37 Å². The number of ether oxygens (including phenoxy) is 2. The van der Waals surface area contributed by atoms with E-state index in [-0.39, 0.29) is 42.2 Å². The van der Waals surface area contributed by atoms with Crippen LogP contribution in [0.5, 0.6) is 11.5 Å². The molecule has 0 saturated carbocycles. The van der Waals surface area contributed by atoms with E-state index in [1.165, 1.54) is 13.2 Å². The summed E-state index contributed by atoms with van der Waals surface area (Å²) in [5, 5.41) is 16.2. The van der Waals surface area contributed by atoms with Crippen LogP contribution in [0.15, 0.2) is 103 Å². The van der Waals surface area contributed by atoms with Crippen LogP contribution in [0.1, 0.15) is 42.8 Å². The SMILES string of the molecule is COCNC(=O)c1ccc(NC(=O)C(C)C(C)COc2ccc(C(C)O)cc2)c(OP(=O)(c2ccccc2)c2ccccc2)c1. The van der Waals surface area contributed by atoms with E-state index in [4.69, 9.17) is 14.0 Å². The molecule has 0 spiro atoms. The maximum absolute atomic E-state index is 14.7. The van der Waals surface area contributed by atoms with Crippen molar-refractivity contribution in [1.82, 2.24) is 5.32 Å². The van der Waals surface area contributed by atoms with E-state index in [0.29, 0.717) is 16.4 Å². The molecular formula is C35H39N2O7P. The van der Waals surface area contributed by atoms with Gasteiger partial charge in [-0.15, -0.1) is 0 Å². The standard InChI is InChI=1S/C35H39N2O7P/c1-24(22-43-29-18-15-27(16-19-29)26(3)38)25(2)34(39)37-32-20-17-28(35(40)36-23-42-4)21-33(32)44-45(41,30-11-7-5-8-12-30)31-13-9-6-10-14-31/h5-21,24-26,38H,22-23H2,1-4H3,(H,36,40)(H,37,39). The maximum Gasteiger partial charge on any atom is 0.306 e. The second-order valence-electron chi connectivity index (χ2n) is 10.8. The second kappa shape index (κ2) is 15.5. The number of aliphatic hydroxyl groups is 1. The molecule has 0 aliphatic heterocycles. The lowest BCUT2D eigenvalue weighted by atomic mass is 9.96. The van der Waals surface area contributed by atoms with Gasteiger partial charge in [-0.25, -0.2) is 0 Å². The van der Waals surface area contributed by atoms with Gasteiger partial charge >= 0.3 is 7.37 Å². The molecule has 9 nitrogen and oxygen atoms in total. The van der Waals surface area contributed by atoms with Gasteiger partial charge < -0.3 is 29.7 Å². The summed E-state index contributed by atoms with van der Waals surface area (Å²) in [5.41, 5.74) is 1.29. The Morgan fingerprint density at radius 1 is 0.844 bits per heavy atom. The van der Waals surface area contributed by atoms with Crippen molar-refractivity contribution in [3.63, 3.8) is 0 Å². The monoisotopic (exact) mass is 630 g/mol. The Balaban J connectivity index is 1.59. The minimum atomic E-state index is -3.73. The largest absolute Gasteiger partial charge is 0.493 e. The summed E-state index contributed by atoms with van der Waals surface area (Å²) >= 11 is 0. The molecule has 0 heterocycles.